The standard InChI is InChI=1S/C27H30N2O6/c1-17-14-20-15-19(6-7-22(20)35-17)25(31)23-24(18-4-2-5-21(30)16-18)29(27(33)26(23)32)9-3-8-28-10-12-34-13-11-28/h2,4-7,15-17,24,30-31H,3,8-14H2,1H3/t17-,24+/m0/s1. The van der Waals surface area contributed by atoms with Crippen LogP contribution in [0.25, 0.3) is 5.76 Å². The largest absolute Gasteiger partial charge is 0.508 e. The van der Waals surface area contributed by atoms with E-state index in [1.54, 1.807) is 24.3 Å². The molecule has 0 aromatic heterocycles. The van der Waals surface area contributed by atoms with E-state index in [0.717, 1.165) is 30.9 Å². The van der Waals surface area contributed by atoms with Crippen molar-refractivity contribution < 1.29 is 29.3 Å². The molecular formula is C27H30N2O6. The Labute approximate surface area is 204 Å². The van der Waals surface area contributed by atoms with Crippen LogP contribution in [0.15, 0.2) is 48.0 Å². The van der Waals surface area contributed by atoms with E-state index in [1.165, 1.54) is 17.0 Å². The van der Waals surface area contributed by atoms with Crippen LogP contribution in [0.1, 0.15) is 36.1 Å². The van der Waals surface area contributed by atoms with Crippen LogP contribution >= 0.6 is 0 Å². The van der Waals surface area contributed by atoms with Crippen molar-refractivity contribution in [1.82, 2.24) is 9.80 Å². The van der Waals surface area contributed by atoms with Gasteiger partial charge in [0, 0.05) is 38.2 Å². The van der Waals surface area contributed by atoms with Gasteiger partial charge in [0.05, 0.1) is 24.8 Å². The van der Waals surface area contributed by atoms with Crippen molar-refractivity contribution in [2.45, 2.75) is 31.9 Å². The van der Waals surface area contributed by atoms with Gasteiger partial charge >= 0.3 is 0 Å². The van der Waals surface area contributed by atoms with Gasteiger partial charge in [-0.15, -0.1) is 0 Å². The van der Waals surface area contributed by atoms with E-state index in [9.17, 15) is 19.8 Å². The number of Topliss-reactive ketones (excluding diaryl/α,β-unsaturated/α-hetero) is 1. The molecule has 5 rings (SSSR count). The van der Waals surface area contributed by atoms with E-state index in [-0.39, 0.29) is 23.2 Å². The van der Waals surface area contributed by atoms with Gasteiger partial charge in [0.1, 0.15) is 23.4 Å². The van der Waals surface area contributed by atoms with Crippen molar-refractivity contribution in [3.05, 3.63) is 64.7 Å². The van der Waals surface area contributed by atoms with Crippen LogP contribution < -0.4 is 4.74 Å². The Morgan fingerprint density at radius 2 is 1.89 bits per heavy atom. The number of hydrogen-bond acceptors (Lipinski definition) is 7. The SMILES string of the molecule is C[C@H]1Cc2cc(C(O)=C3C(=O)C(=O)N(CCCN4CCOCC4)[C@@H]3c3cccc(O)c3)ccc2O1. The molecular weight excluding hydrogens is 448 g/mol. The number of aliphatic hydroxyl groups excluding tert-OH is 1. The number of likely N-dealkylation sites (tertiary alicyclic amines) is 1. The molecule has 0 radical (unpaired) electrons. The fourth-order valence-electron chi connectivity index (χ4n) is 5.17. The molecule has 184 valence electrons. The molecule has 3 aliphatic rings. The molecule has 2 fully saturated rings. The summed E-state index contributed by atoms with van der Waals surface area (Å²) in [6.45, 7) is 6.18. The molecule has 8 heteroatoms. The number of phenolic OH excluding ortho intramolecular Hbond substituents is 1. The zero-order chi connectivity index (χ0) is 24.5. The van der Waals surface area contributed by atoms with Gasteiger partial charge in [0.15, 0.2) is 0 Å². The maximum absolute atomic E-state index is 13.2. The maximum Gasteiger partial charge on any atom is 0.295 e. The van der Waals surface area contributed by atoms with Crippen molar-refractivity contribution >= 4 is 17.4 Å². The second kappa shape index (κ2) is 9.71. The van der Waals surface area contributed by atoms with Crippen molar-refractivity contribution in [3.8, 4) is 11.5 Å². The number of rotatable bonds is 6. The molecule has 2 aromatic rings. The third-order valence-corrected chi connectivity index (χ3v) is 6.87. The van der Waals surface area contributed by atoms with E-state index in [4.69, 9.17) is 9.47 Å². The third-order valence-electron chi connectivity index (χ3n) is 6.87. The second-order valence-electron chi connectivity index (χ2n) is 9.35. The summed E-state index contributed by atoms with van der Waals surface area (Å²) >= 11 is 0. The smallest absolute Gasteiger partial charge is 0.295 e. The van der Waals surface area contributed by atoms with Crippen molar-refractivity contribution in [3.63, 3.8) is 0 Å². The minimum Gasteiger partial charge on any atom is -0.508 e. The summed E-state index contributed by atoms with van der Waals surface area (Å²) in [5.74, 6) is -0.769. The van der Waals surface area contributed by atoms with Crippen molar-refractivity contribution in [2.75, 3.05) is 39.4 Å². The first kappa shape index (κ1) is 23.4. The number of benzene rings is 2. The molecule has 0 unspecified atom stereocenters. The number of ketones is 1. The number of aromatic hydroxyl groups is 1. The highest BCUT2D eigenvalue weighted by molar-refractivity contribution is 6.46. The van der Waals surface area contributed by atoms with Gasteiger partial charge in [-0.05, 0) is 54.8 Å². The van der Waals surface area contributed by atoms with Crippen LogP contribution in [0.5, 0.6) is 11.5 Å². The zero-order valence-corrected chi connectivity index (χ0v) is 19.8. The van der Waals surface area contributed by atoms with E-state index in [1.807, 2.05) is 13.0 Å². The lowest BCUT2D eigenvalue weighted by atomic mass is 9.94. The van der Waals surface area contributed by atoms with E-state index < -0.39 is 17.7 Å². The first-order valence-electron chi connectivity index (χ1n) is 12.1. The number of amides is 1. The summed E-state index contributed by atoms with van der Waals surface area (Å²) in [5.41, 5.74) is 2.04. The number of fused-ring (bicyclic) bond motifs is 1. The Kier molecular flexibility index (Phi) is 6.49. The topological polar surface area (TPSA) is 99.5 Å². The zero-order valence-electron chi connectivity index (χ0n) is 19.8. The van der Waals surface area contributed by atoms with E-state index >= 15 is 0 Å². The van der Waals surface area contributed by atoms with Gasteiger partial charge in [-0.1, -0.05) is 12.1 Å². The van der Waals surface area contributed by atoms with Crippen LogP contribution in [-0.2, 0) is 20.7 Å². The number of carbonyl (C=O) groups excluding carboxylic acids is 2. The van der Waals surface area contributed by atoms with Crippen LogP contribution in [-0.4, -0.2) is 77.2 Å². The molecule has 8 nitrogen and oxygen atoms in total. The molecule has 0 saturated carbocycles. The lowest BCUT2D eigenvalue weighted by Crippen LogP contribution is -2.38. The molecule has 0 aliphatic carbocycles. The average Bonchev–Trinajstić information content (AvgIpc) is 3.35. The lowest BCUT2D eigenvalue weighted by Gasteiger charge is -2.29. The van der Waals surface area contributed by atoms with Gasteiger partial charge in [0.2, 0.25) is 0 Å². The minimum atomic E-state index is -0.782. The number of nitrogens with zero attached hydrogens (tertiary/aromatic N) is 2. The Morgan fingerprint density at radius 1 is 1.09 bits per heavy atom. The van der Waals surface area contributed by atoms with Crippen molar-refractivity contribution in [2.24, 2.45) is 0 Å². The molecule has 3 heterocycles. The molecule has 3 aliphatic heterocycles. The summed E-state index contributed by atoms with van der Waals surface area (Å²) in [6, 6.07) is 11.0. The number of aliphatic hydroxyl groups is 1. The van der Waals surface area contributed by atoms with Gasteiger partial charge in [-0.3, -0.25) is 14.5 Å². The number of ether oxygens (including phenoxy) is 2. The summed E-state index contributed by atoms with van der Waals surface area (Å²) in [7, 11) is 0. The molecule has 0 spiro atoms. The lowest BCUT2D eigenvalue weighted by molar-refractivity contribution is -0.140. The normalized spacial score (nSPS) is 24.0. The number of morpholine rings is 1. The number of carbonyl (C=O) groups is 2. The monoisotopic (exact) mass is 478 g/mol. The fraction of sp³-hybridized carbons (Fsp3) is 0.407. The highest BCUT2D eigenvalue weighted by Gasteiger charge is 2.46. The Hall–Kier alpha value is -3.36. The van der Waals surface area contributed by atoms with Gasteiger partial charge < -0.3 is 24.6 Å². The maximum atomic E-state index is 13.2. The molecule has 2 aromatic carbocycles. The van der Waals surface area contributed by atoms with E-state index in [0.29, 0.717) is 43.7 Å². The van der Waals surface area contributed by atoms with E-state index in [2.05, 4.69) is 4.90 Å². The van der Waals surface area contributed by atoms with Crippen LogP contribution in [0.3, 0.4) is 0 Å². The Balaban J connectivity index is 1.48. The molecule has 2 N–H and O–H groups in total. The van der Waals surface area contributed by atoms with Gasteiger partial charge in [-0.2, -0.15) is 0 Å². The Morgan fingerprint density at radius 3 is 2.66 bits per heavy atom. The molecule has 1 amide bonds. The predicted octanol–water partition coefficient (Wildman–Crippen LogP) is 2.86. The summed E-state index contributed by atoms with van der Waals surface area (Å²) < 4.78 is 11.2. The van der Waals surface area contributed by atoms with Crippen molar-refractivity contribution in [1.29, 1.82) is 0 Å². The van der Waals surface area contributed by atoms with Crippen LogP contribution in [0.4, 0.5) is 0 Å². The summed E-state index contributed by atoms with van der Waals surface area (Å²) in [5, 5.41) is 21.4. The first-order chi connectivity index (χ1) is 16.9. The highest BCUT2D eigenvalue weighted by Crippen LogP contribution is 2.41. The number of hydrogen-bond donors (Lipinski definition) is 2. The van der Waals surface area contributed by atoms with Gasteiger partial charge in [0.25, 0.3) is 11.7 Å². The van der Waals surface area contributed by atoms with Crippen LogP contribution in [0, 0.1) is 0 Å². The fourth-order valence-corrected chi connectivity index (χ4v) is 5.17. The summed E-state index contributed by atoms with van der Waals surface area (Å²) in [6.07, 6.45) is 1.44. The molecule has 35 heavy (non-hydrogen) atoms. The quantitative estimate of drug-likeness (QED) is 0.374. The average molecular weight is 479 g/mol. The third kappa shape index (κ3) is 4.63. The Bertz CT molecular complexity index is 1170. The first-order valence-corrected chi connectivity index (χ1v) is 12.1. The van der Waals surface area contributed by atoms with Crippen LogP contribution in [0.2, 0.25) is 0 Å². The second-order valence-corrected chi connectivity index (χ2v) is 9.35. The summed E-state index contributed by atoms with van der Waals surface area (Å²) in [4.78, 5) is 30.2. The van der Waals surface area contributed by atoms with Gasteiger partial charge in [-0.25, -0.2) is 0 Å². The molecule has 2 saturated heterocycles. The highest BCUT2D eigenvalue weighted by atomic mass is 16.5. The molecule has 2 atom stereocenters. The predicted molar refractivity (Wildman–Crippen MR) is 129 cm³/mol. The number of phenols is 1. The minimum absolute atomic E-state index is 0.0325. The molecule has 0 bridgehead atoms.